The maximum absolute atomic E-state index is 5.83. The summed E-state index contributed by atoms with van der Waals surface area (Å²) in [4.78, 5) is 4.86. The van der Waals surface area contributed by atoms with E-state index in [0.717, 1.165) is 58.9 Å². The van der Waals surface area contributed by atoms with E-state index in [1.54, 1.807) is 10.7 Å². The molecule has 1 atom stereocenters. The lowest BCUT2D eigenvalue weighted by Crippen LogP contribution is -2.39. The van der Waals surface area contributed by atoms with E-state index in [1.807, 2.05) is 19.4 Å². The Balaban J connectivity index is 1.81. The Kier molecular flexibility index (Phi) is 4.21. The number of fused-ring (bicyclic) bond motifs is 1. The highest BCUT2D eigenvalue weighted by Crippen LogP contribution is 2.31. The van der Waals surface area contributed by atoms with Crippen molar-refractivity contribution in [2.24, 2.45) is 0 Å². The van der Waals surface area contributed by atoms with E-state index in [9.17, 15) is 0 Å². The first-order valence-electron chi connectivity index (χ1n) is 7.83. The fraction of sp³-hybridized carbons (Fsp3) is 0.400. The van der Waals surface area contributed by atoms with E-state index in [0.29, 0.717) is 0 Å². The van der Waals surface area contributed by atoms with E-state index < -0.39 is 0 Å². The van der Waals surface area contributed by atoms with Gasteiger partial charge in [0.15, 0.2) is 5.65 Å². The molecule has 0 radical (unpaired) electrons. The first-order chi connectivity index (χ1) is 11.8. The van der Waals surface area contributed by atoms with Crippen molar-refractivity contribution in [3.05, 3.63) is 28.8 Å². The van der Waals surface area contributed by atoms with Gasteiger partial charge in [-0.15, -0.1) is 0 Å². The van der Waals surface area contributed by atoms with Crippen LogP contribution < -0.4 is 10.6 Å². The van der Waals surface area contributed by atoms with Gasteiger partial charge in [0.2, 0.25) is 0 Å². The van der Waals surface area contributed by atoms with Crippen molar-refractivity contribution >= 4 is 27.4 Å². The fourth-order valence-electron chi connectivity index (χ4n) is 2.94. The Morgan fingerprint density at radius 3 is 3.08 bits per heavy atom. The summed E-state index contributed by atoms with van der Waals surface area (Å²) in [6.07, 6.45) is 6.27. The van der Waals surface area contributed by atoms with Crippen molar-refractivity contribution in [2.75, 3.05) is 32.1 Å². The minimum Gasteiger partial charge on any atom is -0.375 e. The molecule has 4 rings (SSSR count). The van der Waals surface area contributed by atoms with Crippen LogP contribution in [-0.2, 0) is 11.2 Å². The maximum atomic E-state index is 5.83. The van der Waals surface area contributed by atoms with Crippen LogP contribution in [0.4, 0.5) is 5.82 Å². The minimum absolute atomic E-state index is 0.120. The molecule has 3 N–H and O–H groups in total. The SMILES string of the molecule is CNc1c(Br)c(CC2CNCCO2)nc2c(-c3cn[nH]c3)cnn12. The van der Waals surface area contributed by atoms with Crippen LogP contribution in [0.15, 0.2) is 23.1 Å². The van der Waals surface area contributed by atoms with Crippen molar-refractivity contribution in [1.82, 2.24) is 30.1 Å². The van der Waals surface area contributed by atoms with E-state index in [-0.39, 0.29) is 6.10 Å². The maximum Gasteiger partial charge on any atom is 0.165 e. The predicted molar refractivity (Wildman–Crippen MR) is 94.1 cm³/mol. The zero-order valence-electron chi connectivity index (χ0n) is 13.2. The van der Waals surface area contributed by atoms with Gasteiger partial charge < -0.3 is 15.4 Å². The summed E-state index contributed by atoms with van der Waals surface area (Å²) in [7, 11) is 1.88. The molecule has 0 amide bonds. The zero-order chi connectivity index (χ0) is 16.5. The lowest BCUT2D eigenvalue weighted by atomic mass is 10.1. The Morgan fingerprint density at radius 2 is 2.38 bits per heavy atom. The molecule has 126 valence electrons. The number of morpholine rings is 1. The van der Waals surface area contributed by atoms with Gasteiger partial charge in [0.1, 0.15) is 5.82 Å². The van der Waals surface area contributed by atoms with Crippen molar-refractivity contribution in [2.45, 2.75) is 12.5 Å². The third kappa shape index (κ3) is 2.68. The van der Waals surface area contributed by atoms with Crippen LogP contribution in [0.2, 0.25) is 0 Å². The van der Waals surface area contributed by atoms with Crippen molar-refractivity contribution in [3.63, 3.8) is 0 Å². The number of H-pyrrole nitrogens is 1. The zero-order valence-corrected chi connectivity index (χ0v) is 14.8. The van der Waals surface area contributed by atoms with Gasteiger partial charge in [0.25, 0.3) is 0 Å². The number of aromatic amines is 1. The molecule has 24 heavy (non-hydrogen) atoms. The average Bonchev–Trinajstić information content (AvgIpc) is 3.26. The molecule has 1 saturated heterocycles. The smallest absolute Gasteiger partial charge is 0.165 e. The van der Waals surface area contributed by atoms with Crippen LogP contribution in [0.5, 0.6) is 0 Å². The number of rotatable bonds is 4. The van der Waals surface area contributed by atoms with E-state index in [2.05, 4.69) is 41.9 Å². The Labute approximate surface area is 147 Å². The summed E-state index contributed by atoms with van der Waals surface area (Å²) in [6, 6.07) is 0. The van der Waals surface area contributed by atoms with E-state index in [1.165, 1.54) is 0 Å². The van der Waals surface area contributed by atoms with Gasteiger partial charge in [-0.3, -0.25) is 5.10 Å². The first-order valence-corrected chi connectivity index (χ1v) is 8.62. The van der Waals surface area contributed by atoms with Gasteiger partial charge in [-0.25, -0.2) is 4.98 Å². The standard InChI is InChI=1S/C15H18BrN7O/c1-17-15-13(16)12(4-10-7-18-2-3-24-10)22-14-11(8-21-23(14)15)9-5-19-20-6-9/h5-6,8,10,17-18H,2-4,7H2,1H3,(H,19,20). The largest absolute Gasteiger partial charge is 0.375 e. The molecule has 1 unspecified atom stereocenters. The molecule has 9 heteroatoms. The predicted octanol–water partition coefficient (Wildman–Crippen LogP) is 1.45. The number of anilines is 1. The quantitative estimate of drug-likeness (QED) is 0.623. The van der Waals surface area contributed by atoms with Crippen molar-refractivity contribution < 1.29 is 4.74 Å². The molecular formula is C15H18BrN7O. The normalized spacial score (nSPS) is 18.2. The third-order valence-corrected chi connectivity index (χ3v) is 4.96. The van der Waals surface area contributed by atoms with Crippen molar-refractivity contribution in [3.8, 4) is 11.1 Å². The molecule has 1 aliphatic rings. The molecule has 0 aromatic carbocycles. The van der Waals surface area contributed by atoms with E-state index in [4.69, 9.17) is 9.72 Å². The first kappa shape index (κ1) is 15.6. The second kappa shape index (κ2) is 6.50. The Bertz CT molecular complexity index is 839. The average molecular weight is 392 g/mol. The number of aromatic nitrogens is 5. The van der Waals surface area contributed by atoms with Crippen LogP contribution in [0, 0.1) is 0 Å². The third-order valence-electron chi connectivity index (χ3n) is 4.13. The topological polar surface area (TPSA) is 92.2 Å². The summed E-state index contributed by atoms with van der Waals surface area (Å²) in [5.41, 5.74) is 3.65. The summed E-state index contributed by atoms with van der Waals surface area (Å²) in [5.74, 6) is 0.869. The molecule has 3 aromatic rings. The van der Waals surface area contributed by atoms with Crippen LogP contribution in [0.3, 0.4) is 0 Å². The fourth-order valence-corrected chi connectivity index (χ4v) is 3.56. The molecule has 0 spiro atoms. The van der Waals surface area contributed by atoms with Crippen molar-refractivity contribution in [1.29, 1.82) is 0 Å². The van der Waals surface area contributed by atoms with Gasteiger partial charge >= 0.3 is 0 Å². The van der Waals surface area contributed by atoms with Crippen LogP contribution in [-0.4, -0.2) is 57.6 Å². The lowest BCUT2D eigenvalue weighted by Gasteiger charge is -2.24. The minimum atomic E-state index is 0.120. The second-order valence-corrected chi connectivity index (χ2v) is 6.45. The highest BCUT2D eigenvalue weighted by Gasteiger charge is 2.21. The second-order valence-electron chi connectivity index (χ2n) is 5.65. The molecule has 0 saturated carbocycles. The van der Waals surface area contributed by atoms with Gasteiger partial charge in [-0.05, 0) is 15.9 Å². The number of nitrogens with zero attached hydrogens (tertiary/aromatic N) is 4. The summed E-state index contributed by atoms with van der Waals surface area (Å²) in [5, 5.41) is 17.9. The van der Waals surface area contributed by atoms with Gasteiger partial charge in [0.05, 0.1) is 35.3 Å². The van der Waals surface area contributed by atoms with Gasteiger partial charge in [-0.1, -0.05) is 0 Å². The molecule has 8 nitrogen and oxygen atoms in total. The van der Waals surface area contributed by atoms with Crippen LogP contribution >= 0.6 is 15.9 Å². The summed E-state index contributed by atoms with van der Waals surface area (Å²) < 4.78 is 8.54. The summed E-state index contributed by atoms with van der Waals surface area (Å²) in [6.45, 7) is 2.47. The van der Waals surface area contributed by atoms with Gasteiger partial charge in [-0.2, -0.15) is 14.7 Å². The number of ether oxygens (including phenoxy) is 1. The molecule has 0 aliphatic carbocycles. The summed E-state index contributed by atoms with van der Waals surface area (Å²) >= 11 is 3.67. The lowest BCUT2D eigenvalue weighted by molar-refractivity contribution is 0.0286. The number of hydrogen-bond acceptors (Lipinski definition) is 6. The molecular weight excluding hydrogens is 374 g/mol. The number of hydrogen-bond donors (Lipinski definition) is 3. The number of halogens is 1. The Hall–Kier alpha value is -1.97. The van der Waals surface area contributed by atoms with Gasteiger partial charge in [0, 0.05) is 43.9 Å². The molecule has 3 aromatic heterocycles. The van der Waals surface area contributed by atoms with E-state index >= 15 is 0 Å². The molecule has 0 bridgehead atoms. The van der Waals surface area contributed by atoms with Crippen LogP contribution in [0.1, 0.15) is 5.69 Å². The molecule has 1 aliphatic heterocycles. The Morgan fingerprint density at radius 1 is 1.46 bits per heavy atom. The highest BCUT2D eigenvalue weighted by atomic mass is 79.9. The number of nitrogens with one attached hydrogen (secondary N) is 3. The molecule has 4 heterocycles. The molecule has 1 fully saturated rings. The highest BCUT2D eigenvalue weighted by molar-refractivity contribution is 9.10. The van der Waals surface area contributed by atoms with Crippen LogP contribution in [0.25, 0.3) is 16.8 Å². The monoisotopic (exact) mass is 391 g/mol.